The van der Waals surface area contributed by atoms with E-state index in [2.05, 4.69) is 63.1 Å². The van der Waals surface area contributed by atoms with E-state index in [1.165, 1.54) is 11.3 Å². The Labute approximate surface area is 147 Å². The monoisotopic (exact) mass is 339 g/mol. The Morgan fingerprint density at radius 3 is 2.64 bits per heavy atom. The molecule has 4 rings (SSSR count). The quantitative estimate of drug-likeness (QED) is 0.731. The molecule has 1 aromatic carbocycles. The summed E-state index contributed by atoms with van der Waals surface area (Å²) in [6, 6.07) is 9.25. The number of hydrogen-bond acceptors (Lipinski definition) is 5. The van der Waals surface area contributed by atoms with Gasteiger partial charge in [0.05, 0.1) is 17.1 Å². The van der Waals surface area contributed by atoms with Crippen molar-refractivity contribution in [2.75, 3.05) is 13.1 Å². The molecule has 0 N–H and O–H groups in total. The van der Waals surface area contributed by atoms with Gasteiger partial charge in [-0.2, -0.15) is 0 Å². The zero-order valence-corrected chi connectivity index (χ0v) is 15.1. The van der Waals surface area contributed by atoms with E-state index in [1.807, 2.05) is 7.05 Å². The van der Waals surface area contributed by atoms with Crippen LogP contribution in [0.3, 0.4) is 0 Å². The summed E-state index contributed by atoms with van der Waals surface area (Å²) in [5, 5.41) is 11.9. The van der Waals surface area contributed by atoms with Gasteiger partial charge in [0, 0.05) is 32.6 Å². The van der Waals surface area contributed by atoms with Crippen molar-refractivity contribution in [3.05, 3.63) is 35.9 Å². The fourth-order valence-electron chi connectivity index (χ4n) is 4.04. The maximum Gasteiger partial charge on any atom is 0.167 e. The number of imidazole rings is 1. The highest BCUT2D eigenvalue weighted by atomic mass is 15.5. The molecule has 132 valence electrons. The maximum atomic E-state index is 4.83. The number of fused-ring (bicyclic) bond motifs is 1. The van der Waals surface area contributed by atoms with Crippen molar-refractivity contribution < 1.29 is 0 Å². The van der Waals surface area contributed by atoms with E-state index in [0.29, 0.717) is 6.04 Å². The van der Waals surface area contributed by atoms with Crippen molar-refractivity contribution in [1.82, 2.24) is 34.7 Å². The van der Waals surface area contributed by atoms with Gasteiger partial charge in [0.2, 0.25) is 0 Å². The summed E-state index contributed by atoms with van der Waals surface area (Å²) in [5.41, 5.74) is 2.38. The van der Waals surface area contributed by atoms with E-state index in [4.69, 9.17) is 4.98 Å². The number of benzene rings is 1. The molecule has 0 aliphatic carbocycles. The lowest BCUT2D eigenvalue weighted by Crippen LogP contribution is -2.37. The zero-order chi connectivity index (χ0) is 17.4. The molecule has 3 heterocycles. The molecular formula is C18H25N7. The smallest absolute Gasteiger partial charge is 0.167 e. The number of piperidine rings is 1. The molecule has 1 aliphatic heterocycles. The Kier molecular flexibility index (Phi) is 4.25. The van der Waals surface area contributed by atoms with E-state index in [9.17, 15) is 0 Å². The van der Waals surface area contributed by atoms with Gasteiger partial charge in [-0.05, 0) is 42.3 Å². The molecule has 1 aliphatic rings. The topological polar surface area (TPSA) is 64.7 Å². The summed E-state index contributed by atoms with van der Waals surface area (Å²) in [5.74, 6) is 2.13. The van der Waals surface area contributed by atoms with E-state index in [-0.39, 0.29) is 6.04 Å². The van der Waals surface area contributed by atoms with E-state index >= 15 is 0 Å². The molecule has 0 radical (unpaired) electrons. The van der Waals surface area contributed by atoms with Gasteiger partial charge in [-0.3, -0.25) is 4.90 Å². The number of para-hydroxylation sites is 2. The number of likely N-dealkylation sites (tertiary alicyclic amines) is 1. The Bertz CT molecular complexity index is 857. The Morgan fingerprint density at radius 1 is 1.20 bits per heavy atom. The predicted molar refractivity (Wildman–Crippen MR) is 96.2 cm³/mol. The lowest BCUT2D eigenvalue weighted by atomic mass is 10.0. The standard InChI is InChI=1S/C18H25N7/c1-4-17-19-15-7-5-6-8-16(15)25(17)14-9-11-24(12-10-14)13(2)18-20-21-22-23(18)3/h5-8,13-14H,4,9-12H2,1-3H3/t13-/m1/s1. The number of aromatic nitrogens is 6. The van der Waals surface area contributed by atoms with Crippen LogP contribution >= 0.6 is 0 Å². The molecule has 0 spiro atoms. The summed E-state index contributed by atoms with van der Waals surface area (Å²) in [6.45, 7) is 6.48. The maximum absolute atomic E-state index is 4.83. The number of hydrogen-bond donors (Lipinski definition) is 0. The van der Waals surface area contributed by atoms with Crippen molar-refractivity contribution in [3.8, 4) is 0 Å². The lowest BCUT2D eigenvalue weighted by Gasteiger charge is -2.36. The van der Waals surface area contributed by atoms with Crippen LogP contribution < -0.4 is 0 Å². The first-order valence-electron chi connectivity index (χ1n) is 9.11. The minimum atomic E-state index is 0.242. The van der Waals surface area contributed by atoms with Gasteiger partial charge in [-0.25, -0.2) is 9.67 Å². The molecule has 1 fully saturated rings. The van der Waals surface area contributed by atoms with E-state index in [1.54, 1.807) is 4.68 Å². The second-order valence-electron chi connectivity index (χ2n) is 6.84. The molecule has 3 aromatic rings. The third-order valence-electron chi connectivity index (χ3n) is 5.42. The molecule has 0 bridgehead atoms. The van der Waals surface area contributed by atoms with Gasteiger partial charge < -0.3 is 4.57 Å². The highest BCUT2D eigenvalue weighted by Crippen LogP contribution is 2.31. The number of aryl methyl sites for hydroxylation is 2. The lowest BCUT2D eigenvalue weighted by molar-refractivity contribution is 0.137. The summed E-state index contributed by atoms with van der Waals surface area (Å²) >= 11 is 0. The van der Waals surface area contributed by atoms with Crippen LogP contribution in [0.25, 0.3) is 11.0 Å². The minimum Gasteiger partial charge on any atom is -0.325 e. The molecule has 25 heavy (non-hydrogen) atoms. The highest BCUT2D eigenvalue weighted by Gasteiger charge is 2.28. The van der Waals surface area contributed by atoms with Gasteiger partial charge in [0.15, 0.2) is 5.82 Å². The molecule has 7 heteroatoms. The molecule has 0 saturated carbocycles. The van der Waals surface area contributed by atoms with Crippen molar-refractivity contribution in [1.29, 1.82) is 0 Å². The SMILES string of the molecule is CCc1nc2ccccc2n1C1CCN([C@H](C)c2nnnn2C)CC1. The van der Waals surface area contributed by atoms with Crippen LogP contribution in [0.5, 0.6) is 0 Å². The summed E-state index contributed by atoms with van der Waals surface area (Å²) in [4.78, 5) is 7.31. The van der Waals surface area contributed by atoms with Crippen molar-refractivity contribution in [2.45, 2.75) is 45.2 Å². The highest BCUT2D eigenvalue weighted by molar-refractivity contribution is 5.76. The fourth-order valence-corrected chi connectivity index (χ4v) is 4.04. The minimum absolute atomic E-state index is 0.242. The number of rotatable bonds is 4. The largest absolute Gasteiger partial charge is 0.325 e. The molecule has 1 atom stereocenters. The van der Waals surface area contributed by atoms with Crippen LogP contribution in [0.1, 0.15) is 50.4 Å². The third-order valence-corrected chi connectivity index (χ3v) is 5.42. The van der Waals surface area contributed by atoms with Gasteiger partial charge in [0.1, 0.15) is 5.82 Å². The molecule has 0 unspecified atom stereocenters. The first-order valence-corrected chi connectivity index (χ1v) is 9.11. The second-order valence-corrected chi connectivity index (χ2v) is 6.84. The van der Waals surface area contributed by atoms with Gasteiger partial charge in [0.25, 0.3) is 0 Å². The Hall–Kier alpha value is -2.28. The Balaban J connectivity index is 1.54. The van der Waals surface area contributed by atoms with Crippen molar-refractivity contribution in [3.63, 3.8) is 0 Å². The van der Waals surface area contributed by atoms with Crippen LogP contribution in [0.15, 0.2) is 24.3 Å². The number of nitrogens with zero attached hydrogens (tertiary/aromatic N) is 7. The first-order chi connectivity index (χ1) is 12.2. The van der Waals surface area contributed by atoms with E-state index in [0.717, 1.165) is 43.7 Å². The Morgan fingerprint density at radius 2 is 1.96 bits per heavy atom. The average molecular weight is 339 g/mol. The third kappa shape index (κ3) is 2.82. The van der Waals surface area contributed by atoms with Gasteiger partial charge in [-0.15, -0.1) is 5.10 Å². The number of tetrazole rings is 1. The molecule has 2 aromatic heterocycles. The fraction of sp³-hybridized carbons (Fsp3) is 0.556. The zero-order valence-electron chi connectivity index (χ0n) is 15.1. The molecular weight excluding hydrogens is 314 g/mol. The van der Waals surface area contributed by atoms with Gasteiger partial charge in [-0.1, -0.05) is 19.1 Å². The van der Waals surface area contributed by atoms with Crippen LogP contribution in [0, 0.1) is 0 Å². The predicted octanol–water partition coefficient (Wildman–Crippen LogP) is 2.52. The normalized spacial score (nSPS) is 18.0. The van der Waals surface area contributed by atoms with Crippen molar-refractivity contribution >= 4 is 11.0 Å². The summed E-state index contributed by atoms with van der Waals surface area (Å²) in [7, 11) is 1.91. The van der Waals surface area contributed by atoms with Gasteiger partial charge >= 0.3 is 0 Å². The van der Waals surface area contributed by atoms with Crippen LogP contribution in [-0.2, 0) is 13.5 Å². The average Bonchev–Trinajstić information content (AvgIpc) is 3.24. The molecule has 7 nitrogen and oxygen atoms in total. The first kappa shape index (κ1) is 16.2. The van der Waals surface area contributed by atoms with Crippen LogP contribution in [0.4, 0.5) is 0 Å². The molecule has 1 saturated heterocycles. The van der Waals surface area contributed by atoms with Crippen LogP contribution in [-0.4, -0.2) is 47.7 Å². The van der Waals surface area contributed by atoms with Crippen molar-refractivity contribution in [2.24, 2.45) is 7.05 Å². The summed E-state index contributed by atoms with van der Waals surface area (Å²) in [6.07, 6.45) is 3.22. The second kappa shape index (κ2) is 6.55. The van der Waals surface area contributed by atoms with Crippen LogP contribution in [0.2, 0.25) is 0 Å². The molecule has 0 amide bonds. The summed E-state index contributed by atoms with van der Waals surface area (Å²) < 4.78 is 4.25. The van der Waals surface area contributed by atoms with E-state index < -0.39 is 0 Å².